The molecule has 17 heavy (non-hydrogen) atoms. The maximum absolute atomic E-state index is 9.15. The molecule has 0 saturated heterocycles. The first-order valence-electron chi connectivity index (χ1n) is 5.51. The summed E-state index contributed by atoms with van der Waals surface area (Å²) in [5, 5.41) is 13.4. The van der Waals surface area contributed by atoms with Crippen LogP contribution in [0.1, 0.15) is 26.3 Å². The fraction of sp³-hybridized carbons (Fsp3) is 0.385. The van der Waals surface area contributed by atoms with Gasteiger partial charge in [0.1, 0.15) is 11.6 Å². The van der Waals surface area contributed by atoms with Gasteiger partial charge in [-0.1, -0.05) is 26.8 Å². The lowest BCUT2D eigenvalue weighted by atomic mass is 9.99. The summed E-state index contributed by atoms with van der Waals surface area (Å²) in [4.78, 5) is 0. The fourth-order valence-corrected chi connectivity index (χ4v) is 1.47. The summed E-state index contributed by atoms with van der Waals surface area (Å²) in [7, 11) is 0. The lowest BCUT2D eigenvalue weighted by Gasteiger charge is -2.17. The molecule has 88 valence electrons. The molecule has 2 heterocycles. The van der Waals surface area contributed by atoms with Crippen molar-refractivity contribution in [2.45, 2.75) is 20.8 Å². The number of fused-ring (bicyclic) bond motifs is 1. The van der Waals surface area contributed by atoms with Gasteiger partial charge in [-0.05, 0) is 17.5 Å². The first-order chi connectivity index (χ1) is 8.01. The normalized spacial score (nSPS) is 11.4. The van der Waals surface area contributed by atoms with Crippen molar-refractivity contribution in [3.05, 3.63) is 30.0 Å². The van der Waals surface area contributed by atoms with Gasteiger partial charge in [-0.2, -0.15) is 5.26 Å². The molecular formula is C13H15N3O. The molecule has 0 bridgehead atoms. The summed E-state index contributed by atoms with van der Waals surface area (Å²) in [6.07, 6.45) is 1.81. The van der Waals surface area contributed by atoms with Crippen molar-refractivity contribution in [2.75, 3.05) is 6.61 Å². The lowest BCUT2D eigenvalue weighted by Crippen LogP contribution is -2.17. The van der Waals surface area contributed by atoms with Gasteiger partial charge in [0.15, 0.2) is 0 Å². The Hall–Kier alpha value is -2.02. The van der Waals surface area contributed by atoms with Crippen molar-refractivity contribution in [2.24, 2.45) is 5.41 Å². The first-order valence-corrected chi connectivity index (χ1v) is 5.51. The highest BCUT2D eigenvalue weighted by molar-refractivity contribution is 5.64. The summed E-state index contributed by atoms with van der Waals surface area (Å²) < 4.78 is 7.29. The maximum atomic E-state index is 9.15. The number of rotatable bonds is 2. The largest absolute Gasteiger partial charge is 0.475 e. The highest BCUT2D eigenvalue weighted by Crippen LogP contribution is 2.23. The van der Waals surface area contributed by atoms with Crippen LogP contribution in [0.4, 0.5) is 0 Å². The Kier molecular flexibility index (Phi) is 2.76. The predicted octanol–water partition coefficient (Wildman–Crippen LogP) is 2.63. The molecule has 0 N–H and O–H groups in total. The Morgan fingerprint density at radius 3 is 2.82 bits per heavy atom. The number of nitrogens with zero attached hydrogens (tertiary/aromatic N) is 3. The van der Waals surface area contributed by atoms with Crippen molar-refractivity contribution in [3.8, 4) is 11.9 Å². The zero-order valence-electron chi connectivity index (χ0n) is 10.3. The Balaban J connectivity index is 2.38. The van der Waals surface area contributed by atoms with Gasteiger partial charge in [-0.15, -0.1) is 5.10 Å². The van der Waals surface area contributed by atoms with Gasteiger partial charge < -0.3 is 4.74 Å². The van der Waals surface area contributed by atoms with E-state index in [4.69, 9.17) is 10.00 Å². The van der Waals surface area contributed by atoms with E-state index < -0.39 is 0 Å². The quantitative estimate of drug-likeness (QED) is 0.795. The van der Waals surface area contributed by atoms with Crippen LogP contribution in [0.15, 0.2) is 24.4 Å². The zero-order chi connectivity index (χ0) is 12.5. The molecule has 0 amide bonds. The monoisotopic (exact) mass is 229 g/mol. The molecule has 0 aliphatic carbocycles. The van der Waals surface area contributed by atoms with Crippen molar-refractivity contribution in [3.63, 3.8) is 0 Å². The van der Waals surface area contributed by atoms with Crippen LogP contribution in [0.3, 0.4) is 0 Å². The van der Waals surface area contributed by atoms with Crippen LogP contribution in [0.2, 0.25) is 0 Å². The molecule has 0 radical (unpaired) electrons. The molecule has 2 rings (SSSR count). The minimum atomic E-state index is 0.0442. The third kappa shape index (κ3) is 2.39. The Labute approximate surface area is 100 Å². The third-order valence-electron chi connectivity index (χ3n) is 2.26. The van der Waals surface area contributed by atoms with Gasteiger partial charge in [-0.3, -0.25) is 0 Å². The second-order valence-corrected chi connectivity index (χ2v) is 5.17. The molecule has 0 aromatic carbocycles. The summed E-state index contributed by atoms with van der Waals surface area (Å²) in [5.74, 6) is 0.411. The van der Waals surface area contributed by atoms with Crippen LogP contribution in [-0.2, 0) is 0 Å². The van der Waals surface area contributed by atoms with Crippen molar-refractivity contribution in [1.29, 1.82) is 5.26 Å². The number of hydrogen-bond acceptors (Lipinski definition) is 3. The number of hydrogen-bond donors (Lipinski definition) is 0. The number of nitriles is 1. The van der Waals surface area contributed by atoms with Crippen molar-refractivity contribution >= 4 is 5.52 Å². The Bertz CT molecular complexity index is 572. The molecule has 4 nitrogen and oxygen atoms in total. The van der Waals surface area contributed by atoms with Crippen molar-refractivity contribution < 1.29 is 4.74 Å². The van der Waals surface area contributed by atoms with Gasteiger partial charge >= 0.3 is 0 Å². The first kappa shape index (κ1) is 11.5. The lowest BCUT2D eigenvalue weighted by molar-refractivity contribution is 0.190. The van der Waals surface area contributed by atoms with E-state index in [1.54, 1.807) is 10.7 Å². The molecule has 0 saturated carbocycles. The number of aromatic nitrogens is 2. The molecule has 2 aromatic rings. The average molecular weight is 229 g/mol. The number of pyridine rings is 1. The summed E-state index contributed by atoms with van der Waals surface area (Å²) in [6.45, 7) is 6.77. The second kappa shape index (κ2) is 4.10. The SMILES string of the molecule is CC(C)(C)COc1nn2ccccc2c1C#N. The van der Waals surface area contributed by atoms with Crippen molar-refractivity contribution in [1.82, 2.24) is 9.61 Å². The summed E-state index contributed by atoms with van der Waals surface area (Å²) in [6, 6.07) is 7.75. The molecule has 0 atom stereocenters. The van der Waals surface area contributed by atoms with E-state index in [0.717, 1.165) is 5.52 Å². The fourth-order valence-electron chi connectivity index (χ4n) is 1.47. The van der Waals surface area contributed by atoms with E-state index in [-0.39, 0.29) is 5.41 Å². The standard InChI is InChI=1S/C13H15N3O/c1-13(2,3)9-17-12-10(8-14)11-6-4-5-7-16(11)15-12/h4-7H,9H2,1-3H3. The van der Waals surface area contributed by atoms with Gasteiger partial charge in [0.2, 0.25) is 0 Å². The smallest absolute Gasteiger partial charge is 0.252 e. The van der Waals surface area contributed by atoms with Gasteiger partial charge in [0.25, 0.3) is 5.88 Å². The van der Waals surface area contributed by atoms with E-state index in [1.807, 2.05) is 18.2 Å². The molecule has 0 aliphatic rings. The van der Waals surface area contributed by atoms with Crippen LogP contribution in [0.5, 0.6) is 5.88 Å². The van der Waals surface area contributed by atoms with Crippen LogP contribution in [0.25, 0.3) is 5.52 Å². The Morgan fingerprint density at radius 1 is 1.41 bits per heavy atom. The van der Waals surface area contributed by atoms with E-state index in [0.29, 0.717) is 18.1 Å². The maximum Gasteiger partial charge on any atom is 0.252 e. The van der Waals surface area contributed by atoms with Gasteiger partial charge in [0, 0.05) is 6.20 Å². The van der Waals surface area contributed by atoms with E-state index in [2.05, 4.69) is 31.9 Å². The Morgan fingerprint density at radius 2 is 2.18 bits per heavy atom. The highest BCUT2D eigenvalue weighted by atomic mass is 16.5. The van der Waals surface area contributed by atoms with Crippen LogP contribution in [-0.4, -0.2) is 16.2 Å². The average Bonchev–Trinajstić information content (AvgIpc) is 2.63. The van der Waals surface area contributed by atoms with Gasteiger partial charge in [-0.25, -0.2) is 4.52 Å². The molecule has 0 fully saturated rings. The minimum absolute atomic E-state index is 0.0442. The van der Waals surface area contributed by atoms with Crippen LogP contribution in [0, 0.1) is 16.7 Å². The molecule has 0 spiro atoms. The van der Waals surface area contributed by atoms with Crippen LogP contribution >= 0.6 is 0 Å². The minimum Gasteiger partial charge on any atom is -0.475 e. The van der Waals surface area contributed by atoms with Gasteiger partial charge in [0.05, 0.1) is 12.1 Å². The molecular weight excluding hydrogens is 214 g/mol. The second-order valence-electron chi connectivity index (χ2n) is 5.17. The predicted molar refractivity (Wildman–Crippen MR) is 64.9 cm³/mol. The molecule has 4 heteroatoms. The molecule has 0 aliphatic heterocycles. The number of ether oxygens (including phenoxy) is 1. The van der Waals surface area contributed by atoms with E-state index >= 15 is 0 Å². The summed E-state index contributed by atoms with van der Waals surface area (Å²) >= 11 is 0. The zero-order valence-corrected chi connectivity index (χ0v) is 10.3. The summed E-state index contributed by atoms with van der Waals surface area (Å²) in [5.41, 5.74) is 1.32. The van der Waals surface area contributed by atoms with E-state index in [1.165, 1.54) is 0 Å². The third-order valence-corrected chi connectivity index (χ3v) is 2.26. The van der Waals surface area contributed by atoms with E-state index in [9.17, 15) is 0 Å². The molecule has 2 aromatic heterocycles. The van der Waals surface area contributed by atoms with Crippen LogP contribution < -0.4 is 4.74 Å². The topological polar surface area (TPSA) is 50.3 Å². The molecule has 0 unspecified atom stereocenters. The highest BCUT2D eigenvalue weighted by Gasteiger charge is 2.17.